The Morgan fingerprint density at radius 3 is 2.08 bits per heavy atom. The molecule has 0 aliphatic carbocycles. The highest BCUT2D eigenvalue weighted by molar-refractivity contribution is 6.21. The number of hydrogen-bond acceptors (Lipinski definition) is 4. The van der Waals surface area contributed by atoms with Crippen molar-refractivity contribution in [3.05, 3.63) is 35.4 Å². The second-order valence-corrected chi connectivity index (χ2v) is 6.92. The molecule has 6 heteroatoms. The standard InChI is InChI=1S/C19H25N3O3/c1-14(2)20-10-12-21(13-11-20)17(23)8-5-9-22-18(24)15-6-3-4-7-16(15)19(22)25/h3-4,6-7,14H,5,8-13H2,1-2H3. The van der Waals surface area contributed by atoms with Gasteiger partial charge in [0, 0.05) is 45.2 Å². The van der Waals surface area contributed by atoms with E-state index in [1.54, 1.807) is 24.3 Å². The van der Waals surface area contributed by atoms with Gasteiger partial charge >= 0.3 is 0 Å². The molecule has 3 rings (SSSR count). The Morgan fingerprint density at radius 1 is 1.00 bits per heavy atom. The number of imide groups is 1. The van der Waals surface area contributed by atoms with E-state index < -0.39 is 0 Å². The van der Waals surface area contributed by atoms with Crippen molar-refractivity contribution < 1.29 is 14.4 Å². The average molecular weight is 343 g/mol. The minimum Gasteiger partial charge on any atom is -0.340 e. The molecule has 2 aliphatic heterocycles. The number of nitrogens with zero attached hydrogens (tertiary/aromatic N) is 3. The summed E-state index contributed by atoms with van der Waals surface area (Å²) in [5.74, 6) is -0.391. The predicted molar refractivity (Wildman–Crippen MR) is 94.3 cm³/mol. The molecular formula is C19H25N3O3. The van der Waals surface area contributed by atoms with Gasteiger partial charge in [-0.2, -0.15) is 0 Å². The monoisotopic (exact) mass is 343 g/mol. The minimum absolute atomic E-state index is 0.111. The largest absolute Gasteiger partial charge is 0.340 e. The summed E-state index contributed by atoms with van der Waals surface area (Å²) in [6.45, 7) is 7.95. The predicted octanol–water partition coefficient (Wildman–Crippen LogP) is 1.62. The van der Waals surface area contributed by atoms with Gasteiger partial charge in [0.15, 0.2) is 0 Å². The van der Waals surface area contributed by atoms with Crippen molar-refractivity contribution in [1.82, 2.24) is 14.7 Å². The molecule has 134 valence electrons. The molecule has 3 amide bonds. The lowest BCUT2D eigenvalue weighted by Gasteiger charge is -2.37. The van der Waals surface area contributed by atoms with Crippen LogP contribution >= 0.6 is 0 Å². The van der Waals surface area contributed by atoms with Crippen molar-refractivity contribution in [2.75, 3.05) is 32.7 Å². The van der Waals surface area contributed by atoms with Crippen LogP contribution in [0.25, 0.3) is 0 Å². The van der Waals surface area contributed by atoms with Crippen molar-refractivity contribution >= 4 is 17.7 Å². The number of carbonyl (C=O) groups excluding carboxylic acids is 3. The van der Waals surface area contributed by atoms with Gasteiger partial charge in [0.1, 0.15) is 0 Å². The van der Waals surface area contributed by atoms with Crippen LogP contribution in [-0.2, 0) is 4.79 Å². The molecule has 0 atom stereocenters. The van der Waals surface area contributed by atoms with Crippen molar-refractivity contribution in [2.24, 2.45) is 0 Å². The van der Waals surface area contributed by atoms with Gasteiger partial charge in [-0.1, -0.05) is 12.1 Å². The lowest BCUT2D eigenvalue weighted by atomic mass is 10.1. The third-order valence-corrected chi connectivity index (χ3v) is 5.05. The number of fused-ring (bicyclic) bond motifs is 1. The van der Waals surface area contributed by atoms with Crippen LogP contribution in [0.4, 0.5) is 0 Å². The number of carbonyl (C=O) groups is 3. The minimum atomic E-state index is -0.251. The van der Waals surface area contributed by atoms with Gasteiger partial charge in [-0.3, -0.25) is 24.2 Å². The fourth-order valence-corrected chi connectivity index (χ4v) is 3.48. The summed E-state index contributed by atoms with van der Waals surface area (Å²) < 4.78 is 0. The molecule has 1 aromatic carbocycles. The Labute approximate surface area is 148 Å². The third-order valence-electron chi connectivity index (χ3n) is 5.05. The van der Waals surface area contributed by atoms with Crippen molar-refractivity contribution in [3.8, 4) is 0 Å². The van der Waals surface area contributed by atoms with Crippen LogP contribution in [0.1, 0.15) is 47.4 Å². The maximum atomic E-state index is 12.3. The summed E-state index contributed by atoms with van der Waals surface area (Å²) in [4.78, 5) is 42.4. The summed E-state index contributed by atoms with van der Waals surface area (Å²) >= 11 is 0. The normalized spacial score (nSPS) is 18.2. The number of piperazine rings is 1. The number of rotatable bonds is 5. The van der Waals surface area contributed by atoms with E-state index in [9.17, 15) is 14.4 Å². The molecule has 0 saturated carbocycles. The van der Waals surface area contributed by atoms with Gasteiger partial charge in [0.2, 0.25) is 5.91 Å². The topological polar surface area (TPSA) is 60.9 Å². The maximum absolute atomic E-state index is 12.3. The molecule has 0 unspecified atom stereocenters. The summed E-state index contributed by atoms with van der Waals surface area (Å²) in [7, 11) is 0. The first-order valence-electron chi connectivity index (χ1n) is 8.96. The van der Waals surface area contributed by atoms with Crippen LogP contribution in [0.3, 0.4) is 0 Å². The number of hydrogen-bond donors (Lipinski definition) is 0. The zero-order valence-corrected chi connectivity index (χ0v) is 14.9. The molecule has 0 spiro atoms. The SMILES string of the molecule is CC(C)N1CCN(C(=O)CCCN2C(=O)c3ccccc3C2=O)CC1. The van der Waals surface area contributed by atoms with Crippen molar-refractivity contribution in [1.29, 1.82) is 0 Å². The Bertz CT molecular complexity index is 643. The highest BCUT2D eigenvalue weighted by Gasteiger charge is 2.34. The van der Waals surface area contributed by atoms with E-state index in [1.807, 2.05) is 4.90 Å². The highest BCUT2D eigenvalue weighted by Crippen LogP contribution is 2.22. The summed E-state index contributed by atoms with van der Waals surface area (Å²) in [5, 5.41) is 0. The van der Waals surface area contributed by atoms with Gasteiger partial charge < -0.3 is 4.90 Å². The third kappa shape index (κ3) is 3.58. The van der Waals surface area contributed by atoms with E-state index in [4.69, 9.17) is 0 Å². The van der Waals surface area contributed by atoms with Gasteiger partial charge in [0.25, 0.3) is 11.8 Å². The van der Waals surface area contributed by atoms with Gasteiger partial charge in [0.05, 0.1) is 11.1 Å². The Hall–Kier alpha value is -2.21. The number of benzene rings is 1. The van der Waals surface area contributed by atoms with E-state index in [0.29, 0.717) is 36.6 Å². The summed E-state index contributed by atoms with van der Waals surface area (Å²) in [6, 6.07) is 7.37. The van der Waals surface area contributed by atoms with E-state index in [1.165, 1.54) is 4.90 Å². The second-order valence-electron chi connectivity index (χ2n) is 6.92. The quantitative estimate of drug-likeness (QED) is 0.762. The van der Waals surface area contributed by atoms with Gasteiger partial charge in [-0.25, -0.2) is 0 Å². The van der Waals surface area contributed by atoms with Crippen LogP contribution in [0, 0.1) is 0 Å². The molecule has 6 nitrogen and oxygen atoms in total. The first kappa shape index (κ1) is 17.6. The second kappa shape index (κ2) is 7.35. The molecule has 1 aromatic rings. The molecular weight excluding hydrogens is 318 g/mol. The molecule has 0 radical (unpaired) electrons. The molecule has 1 saturated heterocycles. The molecule has 0 aromatic heterocycles. The fourth-order valence-electron chi connectivity index (χ4n) is 3.48. The van der Waals surface area contributed by atoms with Crippen LogP contribution in [0.15, 0.2) is 24.3 Å². The first-order chi connectivity index (χ1) is 12.0. The molecule has 2 aliphatic rings. The summed E-state index contributed by atoms with van der Waals surface area (Å²) in [5.41, 5.74) is 0.923. The lowest BCUT2D eigenvalue weighted by Crippen LogP contribution is -2.50. The Morgan fingerprint density at radius 2 is 1.56 bits per heavy atom. The molecule has 0 N–H and O–H groups in total. The van der Waals surface area contributed by atoms with Gasteiger partial charge in [-0.15, -0.1) is 0 Å². The zero-order chi connectivity index (χ0) is 18.0. The smallest absolute Gasteiger partial charge is 0.261 e. The van der Waals surface area contributed by atoms with Crippen LogP contribution in [0.5, 0.6) is 0 Å². The van der Waals surface area contributed by atoms with Crippen LogP contribution < -0.4 is 0 Å². The lowest BCUT2D eigenvalue weighted by molar-refractivity contribution is -0.133. The van der Waals surface area contributed by atoms with E-state index >= 15 is 0 Å². The van der Waals surface area contributed by atoms with Crippen LogP contribution in [-0.4, -0.2) is 71.2 Å². The first-order valence-corrected chi connectivity index (χ1v) is 8.96. The Balaban J connectivity index is 1.47. The molecule has 25 heavy (non-hydrogen) atoms. The van der Waals surface area contributed by atoms with E-state index in [0.717, 1.165) is 26.2 Å². The van der Waals surface area contributed by atoms with Crippen molar-refractivity contribution in [2.45, 2.75) is 32.7 Å². The fraction of sp³-hybridized carbons (Fsp3) is 0.526. The zero-order valence-electron chi connectivity index (χ0n) is 14.9. The average Bonchev–Trinajstić information content (AvgIpc) is 2.87. The summed E-state index contributed by atoms with van der Waals surface area (Å²) in [6.07, 6.45) is 0.879. The van der Waals surface area contributed by atoms with Gasteiger partial charge in [-0.05, 0) is 32.4 Å². The molecule has 1 fully saturated rings. The van der Waals surface area contributed by atoms with Crippen LogP contribution in [0.2, 0.25) is 0 Å². The maximum Gasteiger partial charge on any atom is 0.261 e. The highest BCUT2D eigenvalue weighted by atomic mass is 16.2. The molecule has 2 heterocycles. The number of amides is 3. The Kier molecular flexibility index (Phi) is 5.18. The van der Waals surface area contributed by atoms with Crippen molar-refractivity contribution in [3.63, 3.8) is 0 Å². The van der Waals surface area contributed by atoms with E-state index in [2.05, 4.69) is 18.7 Å². The molecule has 0 bridgehead atoms. The van der Waals surface area contributed by atoms with E-state index in [-0.39, 0.29) is 17.7 Å².